The average Bonchev–Trinajstić information content (AvgIpc) is 3.11. The highest BCUT2D eigenvalue weighted by molar-refractivity contribution is 8.15. The maximum absolute atomic E-state index is 12.5. The lowest BCUT2D eigenvalue weighted by Gasteiger charge is -2.19. The molecule has 7 nitrogen and oxygen atoms in total. The van der Waals surface area contributed by atoms with Gasteiger partial charge in [-0.3, -0.25) is 19.5 Å². The minimum Gasteiger partial charge on any atom is -0.465 e. The lowest BCUT2D eigenvalue weighted by Crippen LogP contribution is -2.36. The first-order valence-electron chi connectivity index (χ1n) is 8.49. The highest BCUT2D eigenvalue weighted by Crippen LogP contribution is 2.35. The number of nitrogens with zero attached hydrogens (tertiary/aromatic N) is 2. The van der Waals surface area contributed by atoms with Crippen molar-refractivity contribution in [1.82, 2.24) is 4.90 Å². The Labute approximate surface area is 160 Å². The van der Waals surface area contributed by atoms with Gasteiger partial charge in [0.2, 0.25) is 11.8 Å². The summed E-state index contributed by atoms with van der Waals surface area (Å²) in [5.74, 6) is -0.807. The van der Waals surface area contributed by atoms with Crippen molar-refractivity contribution >= 4 is 51.1 Å². The van der Waals surface area contributed by atoms with Gasteiger partial charge in [0, 0.05) is 24.4 Å². The monoisotopic (exact) mass is 395 g/mol. The van der Waals surface area contributed by atoms with Crippen LogP contribution in [0.1, 0.15) is 40.6 Å². The van der Waals surface area contributed by atoms with E-state index in [1.807, 2.05) is 13.8 Å². The number of carbonyl (C=O) groups is 3. The number of nitrogens with one attached hydrogen (secondary N) is 1. The molecule has 26 heavy (non-hydrogen) atoms. The van der Waals surface area contributed by atoms with Crippen LogP contribution in [0.4, 0.5) is 5.00 Å². The number of aryl methyl sites for hydroxylation is 1. The Balaban J connectivity index is 1.73. The van der Waals surface area contributed by atoms with Crippen LogP contribution in [-0.2, 0) is 20.7 Å². The van der Waals surface area contributed by atoms with Crippen LogP contribution in [0.5, 0.6) is 0 Å². The number of anilines is 1. The number of esters is 1. The SMILES string of the molecule is CCc1c(C)sc(NC(=O)CC2SC3=NCCCN3C2=O)c1C(=O)OC. The summed E-state index contributed by atoms with van der Waals surface area (Å²) in [6, 6.07) is 0. The number of carbonyl (C=O) groups excluding carboxylic acids is 3. The number of thioether (sulfide) groups is 1. The van der Waals surface area contributed by atoms with Gasteiger partial charge in [0.1, 0.15) is 10.3 Å². The minimum absolute atomic E-state index is 0.0536. The number of aliphatic imine (C=N–C) groups is 1. The predicted molar refractivity (Wildman–Crippen MR) is 103 cm³/mol. The number of ether oxygens (including phenoxy) is 1. The van der Waals surface area contributed by atoms with E-state index in [-0.39, 0.29) is 18.2 Å². The largest absolute Gasteiger partial charge is 0.465 e. The number of hydrogen-bond donors (Lipinski definition) is 1. The molecule has 9 heteroatoms. The van der Waals surface area contributed by atoms with Crippen LogP contribution in [-0.4, -0.2) is 53.3 Å². The molecular weight excluding hydrogens is 374 g/mol. The molecule has 1 aromatic heterocycles. The molecule has 0 radical (unpaired) electrons. The second-order valence-electron chi connectivity index (χ2n) is 6.05. The first-order valence-corrected chi connectivity index (χ1v) is 10.2. The Kier molecular flexibility index (Phi) is 5.67. The molecule has 1 saturated heterocycles. The molecule has 1 aromatic rings. The van der Waals surface area contributed by atoms with Crippen molar-refractivity contribution in [3.05, 3.63) is 16.0 Å². The molecule has 0 bridgehead atoms. The van der Waals surface area contributed by atoms with Crippen LogP contribution >= 0.6 is 23.1 Å². The van der Waals surface area contributed by atoms with Crippen molar-refractivity contribution in [2.24, 2.45) is 4.99 Å². The fraction of sp³-hybridized carbons (Fsp3) is 0.529. The summed E-state index contributed by atoms with van der Waals surface area (Å²) in [4.78, 5) is 44.1. The minimum atomic E-state index is -0.459. The summed E-state index contributed by atoms with van der Waals surface area (Å²) in [7, 11) is 1.32. The molecule has 3 rings (SSSR count). The van der Waals surface area contributed by atoms with Crippen molar-refractivity contribution in [3.8, 4) is 0 Å². The van der Waals surface area contributed by atoms with Gasteiger partial charge in [-0.15, -0.1) is 11.3 Å². The third-order valence-electron chi connectivity index (χ3n) is 4.38. The molecule has 2 aliphatic rings. The predicted octanol–water partition coefficient (Wildman–Crippen LogP) is 2.44. The maximum Gasteiger partial charge on any atom is 0.341 e. The van der Waals surface area contributed by atoms with Gasteiger partial charge in [-0.05, 0) is 25.3 Å². The van der Waals surface area contributed by atoms with Gasteiger partial charge in [-0.1, -0.05) is 18.7 Å². The quantitative estimate of drug-likeness (QED) is 0.774. The first kappa shape index (κ1) is 18.9. The van der Waals surface area contributed by atoms with Gasteiger partial charge in [0.15, 0.2) is 5.17 Å². The Morgan fingerprint density at radius 1 is 1.42 bits per heavy atom. The van der Waals surface area contributed by atoms with E-state index >= 15 is 0 Å². The van der Waals surface area contributed by atoms with Crippen molar-refractivity contribution in [1.29, 1.82) is 0 Å². The Morgan fingerprint density at radius 3 is 2.85 bits per heavy atom. The van der Waals surface area contributed by atoms with E-state index in [9.17, 15) is 14.4 Å². The molecule has 3 heterocycles. The molecule has 0 aliphatic carbocycles. The second kappa shape index (κ2) is 7.79. The third-order valence-corrected chi connectivity index (χ3v) is 6.66. The van der Waals surface area contributed by atoms with Crippen LogP contribution in [0.15, 0.2) is 4.99 Å². The average molecular weight is 396 g/mol. The maximum atomic E-state index is 12.5. The topological polar surface area (TPSA) is 88.1 Å². The van der Waals surface area contributed by atoms with E-state index in [4.69, 9.17) is 4.74 Å². The molecule has 0 aromatic carbocycles. The van der Waals surface area contributed by atoms with Gasteiger partial charge >= 0.3 is 5.97 Å². The molecule has 0 saturated carbocycles. The number of amidine groups is 1. The fourth-order valence-corrected chi connectivity index (χ4v) is 5.47. The zero-order valence-corrected chi connectivity index (χ0v) is 16.6. The summed E-state index contributed by atoms with van der Waals surface area (Å²) in [5, 5.41) is 3.55. The summed E-state index contributed by atoms with van der Waals surface area (Å²) in [5.41, 5.74) is 1.30. The lowest BCUT2D eigenvalue weighted by atomic mass is 10.1. The Morgan fingerprint density at radius 2 is 2.19 bits per heavy atom. The standard InChI is InChI=1S/C17H21N3O4S2/c1-4-10-9(2)25-14(13(10)16(23)24-3)19-12(21)8-11-15(22)20-7-5-6-18-17(20)26-11/h11H,4-8H2,1-3H3,(H,19,21). The molecular formula is C17H21N3O4S2. The Bertz CT molecular complexity index is 787. The molecule has 2 aliphatic heterocycles. The van der Waals surface area contributed by atoms with Crippen LogP contribution in [0.25, 0.3) is 0 Å². The zero-order valence-electron chi connectivity index (χ0n) is 15.0. The van der Waals surface area contributed by atoms with E-state index in [0.29, 0.717) is 23.5 Å². The van der Waals surface area contributed by atoms with Crippen molar-refractivity contribution in [2.45, 2.75) is 38.4 Å². The van der Waals surface area contributed by atoms with Crippen molar-refractivity contribution in [2.75, 3.05) is 25.5 Å². The number of methoxy groups -OCH3 is 1. The normalized spacial score (nSPS) is 19.2. The van der Waals surface area contributed by atoms with E-state index in [1.54, 1.807) is 4.90 Å². The fourth-order valence-electron chi connectivity index (χ4n) is 3.13. The number of thiophene rings is 1. The number of fused-ring (bicyclic) bond motifs is 1. The molecule has 1 fully saturated rings. The van der Waals surface area contributed by atoms with Crippen LogP contribution < -0.4 is 5.32 Å². The number of amides is 2. The molecule has 2 amide bonds. The third kappa shape index (κ3) is 3.50. The molecule has 1 N–H and O–H groups in total. The second-order valence-corrected chi connectivity index (χ2v) is 8.45. The molecule has 1 unspecified atom stereocenters. The van der Waals surface area contributed by atoms with E-state index < -0.39 is 11.2 Å². The summed E-state index contributed by atoms with van der Waals surface area (Å²) in [6.45, 7) is 5.26. The molecule has 1 atom stereocenters. The van der Waals surface area contributed by atoms with Gasteiger partial charge in [0.25, 0.3) is 0 Å². The van der Waals surface area contributed by atoms with Gasteiger partial charge in [-0.25, -0.2) is 4.79 Å². The van der Waals surface area contributed by atoms with Crippen LogP contribution in [0, 0.1) is 6.92 Å². The summed E-state index contributed by atoms with van der Waals surface area (Å²) < 4.78 is 4.86. The first-order chi connectivity index (χ1) is 12.5. The molecule has 140 valence electrons. The van der Waals surface area contributed by atoms with E-state index in [0.717, 1.165) is 28.6 Å². The van der Waals surface area contributed by atoms with E-state index in [2.05, 4.69) is 10.3 Å². The van der Waals surface area contributed by atoms with Crippen LogP contribution in [0.3, 0.4) is 0 Å². The highest BCUT2D eigenvalue weighted by atomic mass is 32.2. The van der Waals surface area contributed by atoms with Crippen molar-refractivity contribution in [3.63, 3.8) is 0 Å². The summed E-state index contributed by atoms with van der Waals surface area (Å²) >= 11 is 2.70. The number of hydrogen-bond acceptors (Lipinski definition) is 7. The van der Waals surface area contributed by atoms with Gasteiger partial charge < -0.3 is 10.1 Å². The summed E-state index contributed by atoms with van der Waals surface area (Å²) in [6.07, 6.45) is 1.58. The van der Waals surface area contributed by atoms with Crippen LogP contribution in [0.2, 0.25) is 0 Å². The lowest BCUT2D eigenvalue weighted by molar-refractivity contribution is -0.128. The van der Waals surface area contributed by atoms with Crippen molar-refractivity contribution < 1.29 is 19.1 Å². The molecule has 0 spiro atoms. The van der Waals surface area contributed by atoms with Gasteiger partial charge in [-0.2, -0.15) is 0 Å². The highest BCUT2D eigenvalue weighted by Gasteiger charge is 2.40. The van der Waals surface area contributed by atoms with E-state index in [1.165, 1.54) is 30.2 Å². The Hall–Kier alpha value is -1.87. The smallest absolute Gasteiger partial charge is 0.341 e. The van der Waals surface area contributed by atoms with Gasteiger partial charge in [0.05, 0.1) is 12.7 Å². The zero-order chi connectivity index (χ0) is 18.8. The number of rotatable bonds is 5.